The van der Waals surface area contributed by atoms with E-state index >= 15 is 0 Å². The Morgan fingerprint density at radius 1 is 1.45 bits per heavy atom. The third kappa shape index (κ3) is 4.76. The predicted octanol–water partition coefficient (Wildman–Crippen LogP) is 2.36. The fraction of sp³-hybridized carbons (Fsp3) is 0.688. The summed E-state index contributed by atoms with van der Waals surface area (Å²) in [6.07, 6.45) is 4.69. The highest BCUT2D eigenvalue weighted by molar-refractivity contribution is 5.53. The molecule has 4 nitrogen and oxygen atoms in total. The molecule has 1 aromatic rings. The Labute approximate surface area is 122 Å². The molecule has 0 bridgehead atoms. The summed E-state index contributed by atoms with van der Waals surface area (Å²) in [5, 5.41) is 3.37. The molecule has 0 saturated heterocycles. The van der Waals surface area contributed by atoms with E-state index in [4.69, 9.17) is 4.74 Å². The van der Waals surface area contributed by atoms with Crippen molar-refractivity contribution in [2.75, 3.05) is 38.3 Å². The Kier molecular flexibility index (Phi) is 5.80. The van der Waals surface area contributed by atoms with Crippen LogP contribution in [0.5, 0.6) is 0 Å². The zero-order valence-corrected chi connectivity index (χ0v) is 13.0. The standard InChI is InChI=1S/C16H27N3O/c1-4-17-10-15-11-18-13(2)9-16(15)19(3)7-8-20-12-14-5-6-14/h9,11,14,17H,4-8,10,12H2,1-3H3. The SMILES string of the molecule is CCNCc1cnc(C)cc1N(C)CCOCC1CC1. The van der Waals surface area contributed by atoms with Crippen molar-refractivity contribution in [1.29, 1.82) is 0 Å². The maximum atomic E-state index is 5.73. The minimum atomic E-state index is 0.801. The van der Waals surface area contributed by atoms with E-state index in [9.17, 15) is 0 Å². The minimum absolute atomic E-state index is 0.801. The van der Waals surface area contributed by atoms with Crippen LogP contribution in [0.25, 0.3) is 0 Å². The van der Waals surface area contributed by atoms with E-state index in [0.717, 1.165) is 44.5 Å². The number of ether oxygens (including phenoxy) is 1. The highest BCUT2D eigenvalue weighted by atomic mass is 16.5. The normalized spacial score (nSPS) is 14.6. The molecule has 0 unspecified atom stereocenters. The topological polar surface area (TPSA) is 37.4 Å². The smallest absolute Gasteiger partial charge is 0.0641 e. The van der Waals surface area contributed by atoms with E-state index in [1.165, 1.54) is 24.1 Å². The maximum Gasteiger partial charge on any atom is 0.0641 e. The second kappa shape index (κ2) is 7.60. The van der Waals surface area contributed by atoms with Gasteiger partial charge in [-0.05, 0) is 38.3 Å². The van der Waals surface area contributed by atoms with Crippen molar-refractivity contribution >= 4 is 5.69 Å². The summed E-state index contributed by atoms with van der Waals surface area (Å²) in [5.74, 6) is 0.841. The summed E-state index contributed by atoms with van der Waals surface area (Å²) < 4.78 is 5.73. The monoisotopic (exact) mass is 277 g/mol. The quantitative estimate of drug-likeness (QED) is 0.703. The van der Waals surface area contributed by atoms with Gasteiger partial charge in [0.05, 0.1) is 6.61 Å². The molecule has 0 aliphatic heterocycles. The molecule has 1 aromatic heterocycles. The van der Waals surface area contributed by atoms with Gasteiger partial charge in [0.15, 0.2) is 0 Å². The number of nitrogens with one attached hydrogen (secondary N) is 1. The van der Waals surface area contributed by atoms with Gasteiger partial charge in [0.2, 0.25) is 0 Å². The molecule has 2 rings (SSSR count). The number of aryl methyl sites for hydroxylation is 1. The van der Waals surface area contributed by atoms with Gasteiger partial charge < -0.3 is 15.0 Å². The van der Waals surface area contributed by atoms with Crippen LogP contribution in [0, 0.1) is 12.8 Å². The summed E-state index contributed by atoms with van der Waals surface area (Å²) in [4.78, 5) is 6.68. The summed E-state index contributed by atoms with van der Waals surface area (Å²) in [6.45, 7) is 8.67. The summed E-state index contributed by atoms with van der Waals surface area (Å²) >= 11 is 0. The van der Waals surface area contributed by atoms with Crippen LogP contribution in [-0.2, 0) is 11.3 Å². The molecule has 1 saturated carbocycles. The number of pyridine rings is 1. The fourth-order valence-electron chi connectivity index (χ4n) is 2.18. The average Bonchev–Trinajstić information content (AvgIpc) is 3.26. The van der Waals surface area contributed by atoms with E-state index in [0.29, 0.717) is 0 Å². The molecule has 0 atom stereocenters. The van der Waals surface area contributed by atoms with Gasteiger partial charge in [-0.25, -0.2) is 0 Å². The Bertz CT molecular complexity index is 418. The Morgan fingerprint density at radius 2 is 2.25 bits per heavy atom. The van der Waals surface area contributed by atoms with Gasteiger partial charge in [-0.1, -0.05) is 6.92 Å². The molecule has 1 N–H and O–H groups in total. The highest BCUT2D eigenvalue weighted by Gasteiger charge is 2.21. The van der Waals surface area contributed by atoms with Gasteiger partial charge in [0, 0.05) is 49.9 Å². The van der Waals surface area contributed by atoms with Crippen LogP contribution >= 0.6 is 0 Å². The molecule has 1 aliphatic carbocycles. The van der Waals surface area contributed by atoms with E-state index in [1.54, 1.807) is 0 Å². The fourth-order valence-corrected chi connectivity index (χ4v) is 2.18. The van der Waals surface area contributed by atoms with Crippen LogP contribution in [0.3, 0.4) is 0 Å². The summed E-state index contributed by atoms with van der Waals surface area (Å²) in [6, 6.07) is 2.16. The van der Waals surface area contributed by atoms with Crippen molar-refractivity contribution in [2.24, 2.45) is 5.92 Å². The van der Waals surface area contributed by atoms with Gasteiger partial charge in [-0.2, -0.15) is 0 Å². The number of anilines is 1. The van der Waals surface area contributed by atoms with E-state index in [2.05, 4.69) is 35.2 Å². The third-order valence-corrected chi connectivity index (χ3v) is 3.70. The van der Waals surface area contributed by atoms with E-state index in [1.807, 2.05) is 13.1 Å². The molecule has 0 spiro atoms. The largest absolute Gasteiger partial charge is 0.379 e. The van der Waals surface area contributed by atoms with Gasteiger partial charge in [0.25, 0.3) is 0 Å². The predicted molar refractivity (Wildman–Crippen MR) is 83.2 cm³/mol. The number of nitrogens with zero attached hydrogens (tertiary/aromatic N) is 2. The van der Waals surface area contributed by atoms with E-state index < -0.39 is 0 Å². The Morgan fingerprint density at radius 3 is 2.95 bits per heavy atom. The molecule has 112 valence electrons. The van der Waals surface area contributed by atoms with Crippen LogP contribution in [0.4, 0.5) is 5.69 Å². The number of aromatic nitrogens is 1. The summed E-state index contributed by atoms with van der Waals surface area (Å²) in [5.41, 5.74) is 3.57. The first-order chi connectivity index (χ1) is 9.70. The first kappa shape index (κ1) is 15.3. The van der Waals surface area contributed by atoms with Crippen molar-refractivity contribution in [1.82, 2.24) is 10.3 Å². The Hall–Kier alpha value is -1.13. The highest BCUT2D eigenvalue weighted by Crippen LogP contribution is 2.28. The average molecular weight is 277 g/mol. The van der Waals surface area contributed by atoms with Crippen LogP contribution in [0.15, 0.2) is 12.3 Å². The van der Waals surface area contributed by atoms with Crippen molar-refractivity contribution in [3.63, 3.8) is 0 Å². The third-order valence-electron chi connectivity index (χ3n) is 3.70. The van der Waals surface area contributed by atoms with Gasteiger partial charge in [0.1, 0.15) is 0 Å². The number of hydrogen-bond donors (Lipinski definition) is 1. The molecule has 0 radical (unpaired) electrons. The lowest BCUT2D eigenvalue weighted by Gasteiger charge is -2.23. The second-order valence-electron chi connectivity index (χ2n) is 5.67. The lowest BCUT2D eigenvalue weighted by atomic mass is 10.2. The van der Waals surface area contributed by atoms with Crippen molar-refractivity contribution < 1.29 is 4.74 Å². The molecule has 1 fully saturated rings. The van der Waals surface area contributed by atoms with Crippen LogP contribution in [-0.4, -0.2) is 38.3 Å². The van der Waals surface area contributed by atoms with Crippen LogP contribution in [0.1, 0.15) is 31.0 Å². The minimum Gasteiger partial charge on any atom is -0.379 e. The lowest BCUT2D eigenvalue weighted by Crippen LogP contribution is -2.25. The molecule has 1 aliphatic rings. The molecule has 20 heavy (non-hydrogen) atoms. The number of hydrogen-bond acceptors (Lipinski definition) is 4. The molecule has 1 heterocycles. The maximum absolute atomic E-state index is 5.73. The molecule has 0 amide bonds. The van der Waals surface area contributed by atoms with Gasteiger partial charge >= 0.3 is 0 Å². The first-order valence-electron chi connectivity index (χ1n) is 7.65. The summed E-state index contributed by atoms with van der Waals surface area (Å²) in [7, 11) is 2.13. The zero-order chi connectivity index (χ0) is 14.4. The Balaban J connectivity index is 1.87. The van der Waals surface area contributed by atoms with Crippen LogP contribution in [0.2, 0.25) is 0 Å². The number of likely N-dealkylation sites (N-methyl/N-ethyl adjacent to an activating group) is 1. The first-order valence-corrected chi connectivity index (χ1v) is 7.65. The second-order valence-corrected chi connectivity index (χ2v) is 5.67. The molecular formula is C16H27N3O. The molecule has 0 aromatic carbocycles. The molecular weight excluding hydrogens is 250 g/mol. The molecule has 4 heteroatoms. The van der Waals surface area contributed by atoms with Gasteiger partial charge in [-0.15, -0.1) is 0 Å². The van der Waals surface area contributed by atoms with E-state index in [-0.39, 0.29) is 0 Å². The van der Waals surface area contributed by atoms with Crippen LogP contribution < -0.4 is 10.2 Å². The van der Waals surface area contributed by atoms with Crippen molar-refractivity contribution in [3.8, 4) is 0 Å². The van der Waals surface area contributed by atoms with Gasteiger partial charge in [-0.3, -0.25) is 4.98 Å². The zero-order valence-electron chi connectivity index (χ0n) is 13.0. The lowest BCUT2D eigenvalue weighted by molar-refractivity contribution is 0.131. The van der Waals surface area contributed by atoms with Crippen molar-refractivity contribution in [2.45, 2.75) is 33.2 Å². The number of rotatable bonds is 9. The van der Waals surface area contributed by atoms with Crippen molar-refractivity contribution in [3.05, 3.63) is 23.5 Å².